The molecule has 0 bridgehead atoms. The summed E-state index contributed by atoms with van der Waals surface area (Å²) in [6, 6.07) is 0. The molecule has 1 saturated heterocycles. The summed E-state index contributed by atoms with van der Waals surface area (Å²) in [5.74, 6) is 0.504. The molecule has 0 atom stereocenters. The summed E-state index contributed by atoms with van der Waals surface area (Å²) in [6.45, 7) is 11.7. The maximum absolute atomic E-state index is 11.6. The summed E-state index contributed by atoms with van der Waals surface area (Å²) >= 11 is 0. The largest absolute Gasteiger partial charge is 0.352 e. The minimum Gasteiger partial charge on any atom is -0.352 e. The van der Waals surface area contributed by atoms with E-state index >= 15 is 0 Å². The van der Waals surface area contributed by atoms with Crippen molar-refractivity contribution in [3.63, 3.8) is 0 Å². The summed E-state index contributed by atoms with van der Waals surface area (Å²) in [5, 5.41) is 2.89. The highest BCUT2D eigenvalue weighted by Crippen LogP contribution is 2.09. The monoisotopic (exact) mass is 210 g/mol. The minimum absolute atomic E-state index is 0.00981. The van der Waals surface area contributed by atoms with E-state index in [1.54, 1.807) is 0 Å². The number of hydrogen-bond donors (Lipinski definition) is 1. The Morgan fingerprint density at radius 3 is 2.53 bits per heavy atom. The van der Waals surface area contributed by atoms with Crippen LogP contribution in [-0.4, -0.2) is 37.0 Å². The third-order valence-corrected chi connectivity index (χ3v) is 2.61. The topological polar surface area (TPSA) is 32.3 Å². The van der Waals surface area contributed by atoms with Crippen LogP contribution < -0.4 is 5.32 Å². The number of likely N-dealkylation sites (tertiary alicyclic amines) is 1. The Balaban J connectivity index is 2.23. The molecule has 15 heavy (non-hydrogen) atoms. The molecular formula is C12H22N2O. The Morgan fingerprint density at radius 2 is 2.00 bits per heavy atom. The molecule has 0 aromatic heterocycles. The van der Waals surface area contributed by atoms with Gasteiger partial charge < -0.3 is 5.32 Å². The summed E-state index contributed by atoms with van der Waals surface area (Å²) in [4.78, 5) is 13.9. The van der Waals surface area contributed by atoms with Gasteiger partial charge in [0.05, 0.1) is 0 Å². The van der Waals surface area contributed by atoms with E-state index in [0.29, 0.717) is 11.5 Å². The van der Waals surface area contributed by atoms with Gasteiger partial charge in [0.2, 0.25) is 5.91 Å². The van der Waals surface area contributed by atoms with Crippen molar-refractivity contribution in [1.29, 1.82) is 0 Å². The van der Waals surface area contributed by atoms with Gasteiger partial charge in [-0.05, 0) is 31.8 Å². The van der Waals surface area contributed by atoms with E-state index in [1.165, 1.54) is 12.8 Å². The molecule has 1 N–H and O–H groups in total. The first-order valence-corrected chi connectivity index (χ1v) is 5.78. The fourth-order valence-electron chi connectivity index (χ4n) is 1.70. The fourth-order valence-corrected chi connectivity index (χ4v) is 1.70. The second-order valence-electron chi connectivity index (χ2n) is 4.69. The Kier molecular flexibility index (Phi) is 4.82. The van der Waals surface area contributed by atoms with Crippen molar-refractivity contribution in [2.75, 3.05) is 26.2 Å². The fraction of sp³-hybridized carbons (Fsp3) is 0.750. The first-order chi connectivity index (χ1) is 7.09. The molecule has 0 aliphatic carbocycles. The molecule has 1 aliphatic rings. The Bertz CT molecular complexity index is 230. The maximum Gasteiger partial charge on any atom is 0.247 e. The van der Waals surface area contributed by atoms with E-state index in [4.69, 9.17) is 0 Å². The van der Waals surface area contributed by atoms with E-state index in [1.807, 2.05) is 0 Å². The SMILES string of the molecule is C=C(CN1CCCC1)C(=O)NCC(C)C. The van der Waals surface area contributed by atoms with Crippen molar-refractivity contribution in [2.24, 2.45) is 5.92 Å². The molecule has 86 valence electrons. The van der Waals surface area contributed by atoms with Crippen molar-refractivity contribution in [2.45, 2.75) is 26.7 Å². The Morgan fingerprint density at radius 1 is 1.40 bits per heavy atom. The van der Waals surface area contributed by atoms with Crippen molar-refractivity contribution >= 4 is 5.91 Å². The number of carbonyl (C=O) groups excluding carboxylic acids is 1. The summed E-state index contributed by atoms with van der Waals surface area (Å²) < 4.78 is 0. The van der Waals surface area contributed by atoms with Crippen LogP contribution in [0.5, 0.6) is 0 Å². The molecule has 1 aliphatic heterocycles. The van der Waals surface area contributed by atoms with Gasteiger partial charge >= 0.3 is 0 Å². The van der Waals surface area contributed by atoms with Crippen molar-refractivity contribution in [1.82, 2.24) is 10.2 Å². The highest BCUT2D eigenvalue weighted by Gasteiger charge is 2.15. The van der Waals surface area contributed by atoms with Gasteiger partial charge in [-0.25, -0.2) is 0 Å². The van der Waals surface area contributed by atoms with Crippen LogP contribution in [-0.2, 0) is 4.79 Å². The lowest BCUT2D eigenvalue weighted by Crippen LogP contribution is -2.33. The number of nitrogens with zero attached hydrogens (tertiary/aromatic N) is 1. The molecule has 0 radical (unpaired) electrons. The van der Waals surface area contributed by atoms with Gasteiger partial charge in [-0.2, -0.15) is 0 Å². The highest BCUT2D eigenvalue weighted by molar-refractivity contribution is 5.93. The van der Waals surface area contributed by atoms with Crippen molar-refractivity contribution < 1.29 is 4.79 Å². The molecule has 0 unspecified atom stereocenters. The number of carbonyl (C=O) groups is 1. The zero-order chi connectivity index (χ0) is 11.3. The van der Waals surface area contributed by atoms with Crippen LogP contribution in [0.3, 0.4) is 0 Å². The van der Waals surface area contributed by atoms with Gasteiger partial charge in [-0.15, -0.1) is 0 Å². The molecular weight excluding hydrogens is 188 g/mol. The second kappa shape index (κ2) is 5.91. The van der Waals surface area contributed by atoms with E-state index in [-0.39, 0.29) is 5.91 Å². The second-order valence-corrected chi connectivity index (χ2v) is 4.69. The Hall–Kier alpha value is -0.830. The molecule has 1 fully saturated rings. The average molecular weight is 210 g/mol. The summed E-state index contributed by atoms with van der Waals surface area (Å²) in [7, 11) is 0. The van der Waals surface area contributed by atoms with E-state index in [9.17, 15) is 4.79 Å². The predicted molar refractivity (Wildman–Crippen MR) is 62.7 cm³/mol. The number of amides is 1. The van der Waals surface area contributed by atoms with Gasteiger partial charge in [-0.1, -0.05) is 20.4 Å². The van der Waals surface area contributed by atoms with Crippen LogP contribution in [0, 0.1) is 5.92 Å². The number of rotatable bonds is 5. The van der Waals surface area contributed by atoms with Crippen LogP contribution in [0.2, 0.25) is 0 Å². The minimum atomic E-state index is 0.00981. The lowest BCUT2D eigenvalue weighted by Gasteiger charge is -2.16. The lowest BCUT2D eigenvalue weighted by atomic mass is 10.2. The van der Waals surface area contributed by atoms with Gasteiger partial charge in [0.25, 0.3) is 0 Å². The van der Waals surface area contributed by atoms with Crippen LogP contribution in [0.15, 0.2) is 12.2 Å². The molecule has 1 amide bonds. The number of hydrogen-bond acceptors (Lipinski definition) is 2. The molecule has 3 nitrogen and oxygen atoms in total. The third kappa shape index (κ3) is 4.47. The van der Waals surface area contributed by atoms with Crippen molar-refractivity contribution in [3.8, 4) is 0 Å². The van der Waals surface area contributed by atoms with Crippen LogP contribution in [0.1, 0.15) is 26.7 Å². The maximum atomic E-state index is 11.6. The van der Waals surface area contributed by atoms with Crippen LogP contribution in [0.4, 0.5) is 0 Å². The van der Waals surface area contributed by atoms with Crippen molar-refractivity contribution in [3.05, 3.63) is 12.2 Å². The zero-order valence-corrected chi connectivity index (χ0v) is 9.88. The molecule has 0 spiro atoms. The summed E-state index contributed by atoms with van der Waals surface area (Å²) in [5.41, 5.74) is 0.692. The predicted octanol–water partition coefficient (Wildman–Crippen LogP) is 1.41. The number of nitrogens with one attached hydrogen (secondary N) is 1. The standard InChI is InChI=1S/C12H22N2O/c1-10(2)8-13-12(15)11(3)9-14-6-4-5-7-14/h10H,3-9H2,1-2H3,(H,13,15). The van der Waals surface area contributed by atoms with Gasteiger partial charge in [0, 0.05) is 18.7 Å². The van der Waals surface area contributed by atoms with E-state index < -0.39 is 0 Å². The quantitative estimate of drug-likeness (QED) is 0.696. The highest BCUT2D eigenvalue weighted by atomic mass is 16.1. The molecule has 1 rings (SSSR count). The molecule has 3 heteroatoms. The Labute approximate surface area is 92.5 Å². The molecule has 0 aromatic rings. The van der Waals surface area contributed by atoms with Crippen LogP contribution >= 0.6 is 0 Å². The molecule has 0 saturated carbocycles. The van der Waals surface area contributed by atoms with Crippen LogP contribution in [0.25, 0.3) is 0 Å². The van der Waals surface area contributed by atoms with E-state index in [0.717, 1.165) is 26.2 Å². The zero-order valence-electron chi connectivity index (χ0n) is 9.88. The summed E-state index contributed by atoms with van der Waals surface area (Å²) in [6.07, 6.45) is 2.50. The first-order valence-electron chi connectivity index (χ1n) is 5.78. The molecule has 0 aromatic carbocycles. The van der Waals surface area contributed by atoms with Gasteiger partial charge in [0.15, 0.2) is 0 Å². The van der Waals surface area contributed by atoms with E-state index in [2.05, 4.69) is 30.6 Å². The lowest BCUT2D eigenvalue weighted by molar-refractivity contribution is -0.117. The normalized spacial score (nSPS) is 17.0. The smallest absolute Gasteiger partial charge is 0.247 e. The first kappa shape index (κ1) is 12.2. The average Bonchev–Trinajstić information content (AvgIpc) is 2.66. The molecule has 1 heterocycles. The third-order valence-electron chi connectivity index (χ3n) is 2.61. The van der Waals surface area contributed by atoms with Gasteiger partial charge in [0.1, 0.15) is 0 Å². The van der Waals surface area contributed by atoms with Gasteiger partial charge in [-0.3, -0.25) is 9.69 Å².